The number of rotatable bonds is 3. The predicted octanol–water partition coefficient (Wildman–Crippen LogP) is 1.69. The molecule has 0 unspecified atom stereocenters. The average molecular weight is 272 g/mol. The second-order valence-electron chi connectivity index (χ2n) is 4.68. The second-order valence-corrected chi connectivity index (χ2v) is 4.68. The number of anilines is 1. The van der Waals surface area contributed by atoms with Gasteiger partial charge in [0.15, 0.2) is 5.69 Å². The molecule has 1 aromatic carbocycles. The predicted molar refractivity (Wildman–Crippen MR) is 75.7 cm³/mol. The standard InChI is InChI=1S/C14H16N4O2/c1-7-4-5-10(8(2)6-7)18-14(20)12-11(13(15)19)16-9(3)17-12/h4-6H,1-3H3,(H2,15,19)(H,16,17)(H,18,20). The van der Waals surface area contributed by atoms with E-state index in [1.165, 1.54) is 0 Å². The van der Waals surface area contributed by atoms with Crippen molar-refractivity contribution in [2.75, 3.05) is 5.32 Å². The Balaban J connectivity index is 2.31. The van der Waals surface area contributed by atoms with Gasteiger partial charge >= 0.3 is 0 Å². The lowest BCUT2D eigenvalue weighted by atomic mass is 10.1. The molecule has 1 aromatic heterocycles. The van der Waals surface area contributed by atoms with Crippen LogP contribution in [0.5, 0.6) is 0 Å². The van der Waals surface area contributed by atoms with Crippen molar-refractivity contribution in [2.45, 2.75) is 20.8 Å². The molecule has 0 saturated carbocycles. The van der Waals surface area contributed by atoms with E-state index in [1.807, 2.05) is 32.0 Å². The minimum atomic E-state index is -0.736. The number of carbonyl (C=O) groups excluding carboxylic acids is 2. The Kier molecular flexibility index (Phi) is 3.56. The Morgan fingerprint density at radius 2 is 1.95 bits per heavy atom. The van der Waals surface area contributed by atoms with Crippen molar-refractivity contribution in [3.63, 3.8) is 0 Å². The fourth-order valence-electron chi connectivity index (χ4n) is 1.97. The summed E-state index contributed by atoms with van der Waals surface area (Å²) in [5, 5.41) is 2.74. The van der Waals surface area contributed by atoms with Crippen molar-refractivity contribution in [1.82, 2.24) is 9.97 Å². The fourth-order valence-corrected chi connectivity index (χ4v) is 1.97. The Bertz CT molecular complexity index is 688. The number of hydrogen-bond acceptors (Lipinski definition) is 3. The van der Waals surface area contributed by atoms with Gasteiger partial charge in [-0.05, 0) is 32.4 Å². The van der Waals surface area contributed by atoms with Crippen LogP contribution in [0, 0.1) is 20.8 Å². The molecule has 0 saturated heterocycles. The first-order valence-corrected chi connectivity index (χ1v) is 6.13. The summed E-state index contributed by atoms with van der Waals surface area (Å²) in [7, 11) is 0. The van der Waals surface area contributed by atoms with Gasteiger partial charge in [-0.25, -0.2) is 4.98 Å². The van der Waals surface area contributed by atoms with Crippen molar-refractivity contribution in [3.05, 3.63) is 46.5 Å². The molecule has 6 heteroatoms. The van der Waals surface area contributed by atoms with Crippen LogP contribution in [0.3, 0.4) is 0 Å². The van der Waals surface area contributed by atoms with Gasteiger partial charge < -0.3 is 16.0 Å². The summed E-state index contributed by atoms with van der Waals surface area (Å²) in [6.45, 7) is 5.53. The van der Waals surface area contributed by atoms with Crippen molar-refractivity contribution < 1.29 is 9.59 Å². The van der Waals surface area contributed by atoms with Crippen molar-refractivity contribution in [2.24, 2.45) is 5.73 Å². The summed E-state index contributed by atoms with van der Waals surface area (Å²) in [4.78, 5) is 30.1. The molecule has 2 rings (SSSR count). The zero-order valence-electron chi connectivity index (χ0n) is 11.6. The molecule has 1 heterocycles. The number of amides is 2. The molecule has 0 atom stereocenters. The maximum Gasteiger partial charge on any atom is 0.274 e. The number of nitrogens with zero attached hydrogens (tertiary/aromatic N) is 1. The number of aromatic nitrogens is 2. The summed E-state index contributed by atoms with van der Waals surface area (Å²) in [5.41, 5.74) is 7.97. The van der Waals surface area contributed by atoms with Gasteiger partial charge in [-0.3, -0.25) is 9.59 Å². The number of nitrogens with two attached hydrogens (primary N) is 1. The highest BCUT2D eigenvalue weighted by Gasteiger charge is 2.20. The van der Waals surface area contributed by atoms with E-state index >= 15 is 0 Å². The topological polar surface area (TPSA) is 101 Å². The Labute approximate surface area is 116 Å². The van der Waals surface area contributed by atoms with Gasteiger partial charge in [0.05, 0.1) is 0 Å². The maximum atomic E-state index is 12.2. The van der Waals surface area contributed by atoms with Crippen LogP contribution in [0.15, 0.2) is 18.2 Å². The number of aromatic amines is 1. The van der Waals surface area contributed by atoms with E-state index in [0.29, 0.717) is 11.5 Å². The Morgan fingerprint density at radius 1 is 1.25 bits per heavy atom. The van der Waals surface area contributed by atoms with Crippen molar-refractivity contribution in [1.29, 1.82) is 0 Å². The van der Waals surface area contributed by atoms with Gasteiger partial charge in [0, 0.05) is 5.69 Å². The molecule has 2 amide bonds. The Morgan fingerprint density at radius 3 is 2.55 bits per heavy atom. The molecule has 2 aromatic rings. The van der Waals surface area contributed by atoms with E-state index in [9.17, 15) is 9.59 Å². The summed E-state index contributed by atoms with van der Waals surface area (Å²) < 4.78 is 0. The van der Waals surface area contributed by atoms with Crippen LogP contribution in [0.4, 0.5) is 5.69 Å². The largest absolute Gasteiger partial charge is 0.364 e. The lowest BCUT2D eigenvalue weighted by Gasteiger charge is -2.08. The van der Waals surface area contributed by atoms with E-state index in [4.69, 9.17) is 5.73 Å². The van der Waals surface area contributed by atoms with Crippen LogP contribution in [-0.4, -0.2) is 21.8 Å². The quantitative estimate of drug-likeness (QED) is 0.792. The molecular formula is C14H16N4O2. The zero-order valence-corrected chi connectivity index (χ0v) is 11.6. The van der Waals surface area contributed by atoms with E-state index in [0.717, 1.165) is 11.1 Å². The van der Waals surface area contributed by atoms with Crippen LogP contribution in [0.1, 0.15) is 37.9 Å². The highest BCUT2D eigenvalue weighted by atomic mass is 16.2. The van der Waals surface area contributed by atoms with Crippen molar-refractivity contribution >= 4 is 17.5 Å². The monoisotopic (exact) mass is 272 g/mol. The summed E-state index contributed by atoms with van der Waals surface area (Å²) in [5.74, 6) is -0.712. The van der Waals surface area contributed by atoms with Crippen LogP contribution in [0.2, 0.25) is 0 Å². The summed E-state index contributed by atoms with van der Waals surface area (Å²) >= 11 is 0. The summed E-state index contributed by atoms with van der Waals surface area (Å²) in [6.07, 6.45) is 0. The number of H-pyrrole nitrogens is 1. The van der Waals surface area contributed by atoms with Crippen LogP contribution in [0.25, 0.3) is 0 Å². The number of benzene rings is 1. The molecule has 104 valence electrons. The van der Waals surface area contributed by atoms with E-state index in [-0.39, 0.29) is 11.4 Å². The molecular weight excluding hydrogens is 256 g/mol. The van der Waals surface area contributed by atoms with E-state index in [1.54, 1.807) is 6.92 Å². The molecule has 0 aliphatic carbocycles. The van der Waals surface area contributed by atoms with Gasteiger partial charge in [0.2, 0.25) is 0 Å². The molecule has 0 radical (unpaired) electrons. The smallest absolute Gasteiger partial charge is 0.274 e. The first-order chi connectivity index (χ1) is 9.38. The molecule has 4 N–H and O–H groups in total. The lowest BCUT2D eigenvalue weighted by molar-refractivity contribution is 0.0972. The lowest BCUT2D eigenvalue weighted by Crippen LogP contribution is -2.20. The maximum absolute atomic E-state index is 12.2. The molecule has 20 heavy (non-hydrogen) atoms. The van der Waals surface area contributed by atoms with Gasteiger partial charge in [-0.1, -0.05) is 17.7 Å². The third-order valence-electron chi connectivity index (χ3n) is 2.91. The molecule has 6 nitrogen and oxygen atoms in total. The van der Waals surface area contributed by atoms with Gasteiger partial charge in [0.25, 0.3) is 11.8 Å². The van der Waals surface area contributed by atoms with Crippen LogP contribution < -0.4 is 11.1 Å². The minimum Gasteiger partial charge on any atom is -0.364 e. The fraction of sp³-hybridized carbons (Fsp3) is 0.214. The van der Waals surface area contributed by atoms with Gasteiger partial charge in [-0.15, -0.1) is 0 Å². The second kappa shape index (κ2) is 5.16. The minimum absolute atomic E-state index is 0.0511. The third kappa shape index (κ3) is 2.69. The summed E-state index contributed by atoms with van der Waals surface area (Å²) in [6, 6.07) is 5.67. The molecule has 0 spiro atoms. The van der Waals surface area contributed by atoms with E-state index in [2.05, 4.69) is 15.3 Å². The van der Waals surface area contributed by atoms with Crippen molar-refractivity contribution in [3.8, 4) is 0 Å². The first kappa shape index (κ1) is 13.8. The molecule has 0 aliphatic heterocycles. The SMILES string of the molecule is Cc1ccc(NC(=O)c2[nH]c(C)nc2C(N)=O)c(C)c1. The number of primary amides is 1. The number of aryl methyl sites for hydroxylation is 3. The third-order valence-corrected chi connectivity index (χ3v) is 2.91. The van der Waals surface area contributed by atoms with E-state index < -0.39 is 11.8 Å². The molecule has 0 fully saturated rings. The average Bonchev–Trinajstić information content (AvgIpc) is 2.75. The zero-order chi connectivity index (χ0) is 14.9. The van der Waals surface area contributed by atoms with Crippen LogP contribution >= 0.6 is 0 Å². The highest BCUT2D eigenvalue weighted by Crippen LogP contribution is 2.17. The number of carbonyl (C=O) groups is 2. The normalized spacial score (nSPS) is 10.3. The number of imidazole rings is 1. The van der Waals surface area contributed by atoms with Gasteiger partial charge in [0.1, 0.15) is 11.5 Å². The Hall–Kier alpha value is -2.63. The molecule has 0 bridgehead atoms. The number of nitrogens with one attached hydrogen (secondary N) is 2. The van der Waals surface area contributed by atoms with Crippen LogP contribution in [-0.2, 0) is 0 Å². The highest BCUT2D eigenvalue weighted by molar-refractivity contribution is 6.10. The number of hydrogen-bond donors (Lipinski definition) is 3. The molecule has 0 aliphatic rings. The first-order valence-electron chi connectivity index (χ1n) is 6.13. The van der Waals surface area contributed by atoms with Gasteiger partial charge in [-0.2, -0.15) is 0 Å².